The maximum absolute atomic E-state index is 12.4. The van der Waals surface area contributed by atoms with Gasteiger partial charge in [-0.05, 0) is 41.2 Å². The summed E-state index contributed by atoms with van der Waals surface area (Å²) in [5.74, 6) is 0.0596. The Labute approximate surface area is 133 Å². The molecule has 0 spiro atoms. The Balaban J connectivity index is 1.98. The van der Waals surface area contributed by atoms with Crippen LogP contribution in [0.5, 0.6) is 0 Å². The second-order valence-corrected chi connectivity index (χ2v) is 6.67. The first-order chi connectivity index (χ1) is 10.4. The van der Waals surface area contributed by atoms with Gasteiger partial charge in [-0.3, -0.25) is 9.78 Å². The van der Waals surface area contributed by atoms with E-state index in [0.29, 0.717) is 6.54 Å². The number of pyridine rings is 1. The number of likely N-dealkylation sites (N-methyl/N-ethyl adjacent to an activating group) is 1. The minimum Gasteiger partial charge on any atom is -0.341 e. The lowest BCUT2D eigenvalue weighted by atomic mass is 9.86. The van der Waals surface area contributed by atoms with Crippen LogP contribution in [0.2, 0.25) is 0 Å². The molecule has 0 fully saturated rings. The molecule has 0 aliphatic rings. The maximum atomic E-state index is 12.4. The molecule has 0 bridgehead atoms. The van der Waals surface area contributed by atoms with Crippen molar-refractivity contribution in [3.05, 3.63) is 65.5 Å². The van der Waals surface area contributed by atoms with Crippen LogP contribution in [0.1, 0.15) is 42.3 Å². The average Bonchev–Trinajstić information content (AvgIpc) is 2.52. The summed E-state index contributed by atoms with van der Waals surface area (Å²) in [4.78, 5) is 18.3. The van der Waals surface area contributed by atoms with Gasteiger partial charge < -0.3 is 4.90 Å². The smallest absolute Gasteiger partial charge is 0.253 e. The predicted octanol–water partition coefficient (Wildman–Crippen LogP) is 3.69. The molecule has 0 aliphatic carbocycles. The van der Waals surface area contributed by atoms with Crippen LogP contribution in [0.4, 0.5) is 0 Å². The van der Waals surface area contributed by atoms with Crippen LogP contribution in [0, 0.1) is 0 Å². The van der Waals surface area contributed by atoms with Gasteiger partial charge >= 0.3 is 0 Å². The third-order valence-electron chi connectivity index (χ3n) is 3.80. The molecule has 116 valence electrons. The molecule has 22 heavy (non-hydrogen) atoms. The highest BCUT2D eigenvalue weighted by Gasteiger charge is 2.16. The van der Waals surface area contributed by atoms with E-state index in [9.17, 15) is 4.79 Å². The van der Waals surface area contributed by atoms with Crippen molar-refractivity contribution >= 4 is 5.91 Å². The summed E-state index contributed by atoms with van der Waals surface area (Å²) < 4.78 is 0. The number of aromatic nitrogens is 1. The lowest BCUT2D eigenvalue weighted by Gasteiger charge is -2.20. The lowest BCUT2D eigenvalue weighted by molar-refractivity contribution is 0.0796. The Morgan fingerprint density at radius 3 is 2.36 bits per heavy atom. The molecule has 3 nitrogen and oxygen atoms in total. The number of carbonyl (C=O) groups is 1. The van der Waals surface area contributed by atoms with Gasteiger partial charge in [-0.15, -0.1) is 0 Å². The zero-order valence-corrected chi connectivity index (χ0v) is 13.8. The first-order valence-corrected chi connectivity index (χ1v) is 7.63. The van der Waals surface area contributed by atoms with E-state index in [1.54, 1.807) is 11.1 Å². The summed E-state index contributed by atoms with van der Waals surface area (Å²) in [6.45, 7) is 7.20. The molecule has 1 amide bonds. The molecular formula is C19H24N2O. The summed E-state index contributed by atoms with van der Waals surface area (Å²) in [5.41, 5.74) is 3.22. The van der Waals surface area contributed by atoms with Crippen molar-refractivity contribution in [1.29, 1.82) is 0 Å². The molecular weight excluding hydrogens is 272 g/mol. The molecule has 1 aromatic heterocycles. The normalized spacial score (nSPS) is 11.3. The number of benzene rings is 1. The Morgan fingerprint density at radius 1 is 1.14 bits per heavy atom. The second-order valence-electron chi connectivity index (χ2n) is 6.67. The molecule has 0 unspecified atom stereocenters. The van der Waals surface area contributed by atoms with Gasteiger partial charge in [0, 0.05) is 31.5 Å². The van der Waals surface area contributed by atoms with Gasteiger partial charge in [0.1, 0.15) is 0 Å². The fraction of sp³-hybridized carbons (Fsp3) is 0.368. The fourth-order valence-corrected chi connectivity index (χ4v) is 2.28. The number of hydrogen-bond donors (Lipinski definition) is 0. The monoisotopic (exact) mass is 296 g/mol. The van der Waals surface area contributed by atoms with Gasteiger partial charge in [0.25, 0.3) is 5.91 Å². The molecule has 0 N–H and O–H groups in total. The zero-order chi connectivity index (χ0) is 16.2. The van der Waals surface area contributed by atoms with Gasteiger partial charge in [0.15, 0.2) is 0 Å². The van der Waals surface area contributed by atoms with Gasteiger partial charge in [-0.25, -0.2) is 0 Å². The molecule has 0 saturated carbocycles. The molecule has 0 aliphatic heterocycles. The van der Waals surface area contributed by atoms with Crippen molar-refractivity contribution in [2.24, 2.45) is 0 Å². The average molecular weight is 296 g/mol. The summed E-state index contributed by atoms with van der Waals surface area (Å²) in [7, 11) is 1.84. The third kappa shape index (κ3) is 4.17. The van der Waals surface area contributed by atoms with E-state index in [-0.39, 0.29) is 11.3 Å². The first kappa shape index (κ1) is 16.2. The van der Waals surface area contributed by atoms with Gasteiger partial charge in [-0.2, -0.15) is 0 Å². The highest BCUT2D eigenvalue weighted by Crippen LogP contribution is 2.22. The molecule has 2 rings (SSSR count). The Bertz CT molecular complexity index is 612. The summed E-state index contributed by atoms with van der Waals surface area (Å²) in [6, 6.07) is 11.9. The van der Waals surface area contributed by atoms with Crippen molar-refractivity contribution in [1.82, 2.24) is 9.88 Å². The number of nitrogens with zero attached hydrogens (tertiary/aromatic N) is 2. The van der Waals surface area contributed by atoms with Gasteiger partial charge in [0.2, 0.25) is 0 Å². The number of hydrogen-bond acceptors (Lipinski definition) is 2. The largest absolute Gasteiger partial charge is 0.341 e. The summed E-state index contributed by atoms with van der Waals surface area (Å²) in [5, 5.41) is 0. The lowest BCUT2D eigenvalue weighted by Crippen LogP contribution is -2.29. The Kier molecular flexibility index (Phi) is 4.96. The van der Waals surface area contributed by atoms with E-state index in [1.165, 1.54) is 5.56 Å². The summed E-state index contributed by atoms with van der Waals surface area (Å²) in [6.07, 6.45) is 4.42. The topological polar surface area (TPSA) is 33.2 Å². The minimum atomic E-state index is 0.0596. The van der Waals surface area contributed by atoms with E-state index in [0.717, 1.165) is 17.5 Å². The molecule has 3 heteroatoms. The van der Waals surface area contributed by atoms with Crippen LogP contribution in [0.3, 0.4) is 0 Å². The van der Waals surface area contributed by atoms with Crippen LogP contribution in [-0.4, -0.2) is 29.4 Å². The van der Waals surface area contributed by atoms with Gasteiger partial charge in [-0.1, -0.05) is 39.0 Å². The molecule has 1 heterocycles. The van der Waals surface area contributed by atoms with Crippen molar-refractivity contribution in [3.63, 3.8) is 0 Å². The number of carbonyl (C=O) groups excluding carboxylic acids is 1. The summed E-state index contributed by atoms with van der Waals surface area (Å²) >= 11 is 0. The highest BCUT2D eigenvalue weighted by molar-refractivity contribution is 5.94. The molecule has 1 aromatic carbocycles. The molecule has 0 radical (unpaired) electrons. The van der Waals surface area contributed by atoms with E-state index >= 15 is 0 Å². The Morgan fingerprint density at radius 2 is 1.82 bits per heavy atom. The minimum absolute atomic E-state index is 0.0596. The number of amides is 1. The second kappa shape index (κ2) is 6.73. The molecule has 0 atom stereocenters. The van der Waals surface area contributed by atoms with E-state index in [1.807, 2.05) is 49.6 Å². The van der Waals surface area contributed by atoms with E-state index in [4.69, 9.17) is 0 Å². The van der Waals surface area contributed by atoms with Crippen LogP contribution in [0.25, 0.3) is 0 Å². The maximum Gasteiger partial charge on any atom is 0.253 e. The quantitative estimate of drug-likeness (QED) is 0.862. The standard InChI is InChI=1S/C19H24N2O/c1-19(2,3)17-9-7-16(8-10-17)18(22)21(4)13-11-15-6-5-12-20-14-15/h5-10,12,14H,11,13H2,1-4H3. The van der Waals surface area contributed by atoms with Crippen molar-refractivity contribution in [3.8, 4) is 0 Å². The fourth-order valence-electron chi connectivity index (χ4n) is 2.28. The number of rotatable bonds is 4. The third-order valence-corrected chi connectivity index (χ3v) is 3.80. The van der Waals surface area contributed by atoms with Gasteiger partial charge in [0.05, 0.1) is 0 Å². The van der Waals surface area contributed by atoms with Crippen molar-refractivity contribution in [2.45, 2.75) is 32.6 Å². The molecule has 0 saturated heterocycles. The van der Waals surface area contributed by atoms with Crippen LogP contribution >= 0.6 is 0 Å². The Hall–Kier alpha value is -2.16. The van der Waals surface area contributed by atoms with Crippen LogP contribution in [0.15, 0.2) is 48.8 Å². The SMILES string of the molecule is CN(CCc1cccnc1)C(=O)c1ccc(C(C)(C)C)cc1. The van der Waals surface area contributed by atoms with Crippen LogP contribution < -0.4 is 0 Å². The van der Waals surface area contributed by atoms with E-state index < -0.39 is 0 Å². The van der Waals surface area contributed by atoms with Crippen molar-refractivity contribution in [2.75, 3.05) is 13.6 Å². The molecule has 2 aromatic rings. The first-order valence-electron chi connectivity index (χ1n) is 7.63. The van der Waals surface area contributed by atoms with Crippen molar-refractivity contribution < 1.29 is 4.79 Å². The van der Waals surface area contributed by atoms with E-state index in [2.05, 4.69) is 25.8 Å². The predicted molar refractivity (Wildman–Crippen MR) is 90.0 cm³/mol. The van der Waals surface area contributed by atoms with Crippen LogP contribution in [-0.2, 0) is 11.8 Å². The highest BCUT2D eigenvalue weighted by atomic mass is 16.2. The zero-order valence-electron chi connectivity index (χ0n) is 13.8.